The van der Waals surface area contributed by atoms with Gasteiger partial charge >= 0.3 is 21.1 Å². The third kappa shape index (κ3) is 225. The summed E-state index contributed by atoms with van der Waals surface area (Å²) in [6, 6.07) is 0. The Morgan fingerprint density at radius 2 is 1.22 bits per heavy atom. The van der Waals surface area contributed by atoms with E-state index < -0.39 is 0 Å². The van der Waals surface area contributed by atoms with Crippen LogP contribution in [0.25, 0.3) is 6.15 Å². The molecule has 0 aliphatic carbocycles. The first-order valence-electron chi connectivity index (χ1n) is 0.986. The van der Waals surface area contributed by atoms with Crippen LogP contribution < -0.4 is 0 Å². The molecule has 4 radical (unpaired) electrons. The van der Waals surface area contributed by atoms with E-state index in [4.69, 9.17) is 0 Å². The van der Waals surface area contributed by atoms with Crippen LogP contribution in [0.2, 0.25) is 0 Å². The first-order valence-corrected chi connectivity index (χ1v) is 0.986. The standard InChI is InChI=1S/C3H6.2CH3.B.H2N.W.Y/c1-3-2;;;;;;/h3H,1H2,2H3;2*1H3;;1H2;;/q;2*-1;;-1;+2;. The van der Waals surface area contributed by atoms with E-state index in [0.29, 0.717) is 0 Å². The van der Waals surface area contributed by atoms with Crippen molar-refractivity contribution in [3.8, 4) is 0 Å². The maximum absolute atomic E-state index is 3.36. The summed E-state index contributed by atoms with van der Waals surface area (Å²) >= 11 is 0. The Hall–Kier alpha value is 1.56. The largest absolute Gasteiger partial charge is 2.00 e. The molecule has 0 unspecified atom stereocenters. The van der Waals surface area contributed by atoms with Crippen LogP contribution in [-0.2, 0) is 53.8 Å². The maximum atomic E-state index is 3.36. The van der Waals surface area contributed by atoms with E-state index in [1.54, 1.807) is 6.08 Å². The van der Waals surface area contributed by atoms with E-state index in [2.05, 4.69) is 6.58 Å². The van der Waals surface area contributed by atoms with E-state index in [1.807, 2.05) is 6.92 Å². The van der Waals surface area contributed by atoms with Crippen molar-refractivity contribution in [1.29, 1.82) is 0 Å². The van der Waals surface area contributed by atoms with Gasteiger partial charge in [0.15, 0.2) is 0 Å². The first kappa shape index (κ1) is 76.2. The molecule has 0 aromatic heterocycles. The topological polar surface area (TPSA) is 33.5 Å². The maximum Gasteiger partial charge on any atom is 2.00 e. The van der Waals surface area contributed by atoms with Crippen molar-refractivity contribution >= 4 is 8.41 Å². The van der Waals surface area contributed by atoms with Crippen molar-refractivity contribution in [1.82, 2.24) is 0 Å². The van der Waals surface area contributed by atoms with E-state index in [-0.39, 0.29) is 83.2 Å². The minimum Gasteiger partial charge on any atom is -0.693 e. The molecule has 0 heterocycles. The monoisotopic (exact) mass is 372 g/mol. The average Bonchev–Trinajstić information content (AvgIpc) is 0.918. The summed E-state index contributed by atoms with van der Waals surface area (Å²) in [6.45, 7) is 5.25. The molecule has 0 saturated heterocycles. The van der Waals surface area contributed by atoms with Crippen molar-refractivity contribution in [2.24, 2.45) is 0 Å². The predicted octanol–water partition coefficient (Wildman–Crippen LogP) is 2.42. The molecule has 0 aliphatic heterocycles. The zero-order valence-corrected chi connectivity index (χ0v) is 12.2. The van der Waals surface area contributed by atoms with Gasteiger partial charge in [0.25, 0.3) is 0 Å². The summed E-state index contributed by atoms with van der Waals surface area (Å²) in [4.78, 5) is 0. The van der Waals surface area contributed by atoms with Gasteiger partial charge in [-0.15, -0.1) is 6.58 Å². The molecule has 0 aromatic rings. The summed E-state index contributed by atoms with van der Waals surface area (Å²) in [6.07, 6.45) is 1.75. The minimum absolute atomic E-state index is 0. The second-order valence-corrected chi connectivity index (χ2v) is 0.408. The number of hydrogen-bond donors (Lipinski definition) is 0. The summed E-state index contributed by atoms with van der Waals surface area (Å²) in [5.74, 6) is 0. The molecule has 0 spiro atoms. The zero-order chi connectivity index (χ0) is 2.71. The summed E-state index contributed by atoms with van der Waals surface area (Å²) in [5.41, 5.74) is 0. The first-order chi connectivity index (χ1) is 1.41. The van der Waals surface area contributed by atoms with Gasteiger partial charge in [-0.3, -0.25) is 0 Å². The predicted molar refractivity (Wildman–Crippen MR) is 39.7 cm³/mol. The van der Waals surface area contributed by atoms with Gasteiger partial charge in [0.2, 0.25) is 0 Å². The fraction of sp³-hybridized carbons (Fsp3) is 0.200. The van der Waals surface area contributed by atoms with Gasteiger partial charge in [0, 0.05) is 41.1 Å². The Labute approximate surface area is 102 Å². The molecule has 4 heteroatoms. The smallest absolute Gasteiger partial charge is 0.693 e. The molecule has 0 rings (SSSR count). The van der Waals surface area contributed by atoms with Crippen LogP contribution in [0, 0.1) is 14.9 Å². The average molecular weight is 372 g/mol. The van der Waals surface area contributed by atoms with E-state index in [9.17, 15) is 0 Å². The Bertz CT molecular complexity index is 24.4. The molecule has 0 fully saturated rings. The normalized spacial score (nSPS) is 1.44. The Kier molecular flexibility index (Phi) is 906. The summed E-state index contributed by atoms with van der Waals surface area (Å²) < 4.78 is 0. The van der Waals surface area contributed by atoms with Crippen molar-refractivity contribution in [2.75, 3.05) is 0 Å². The Morgan fingerprint density at radius 3 is 1.22 bits per heavy atom. The van der Waals surface area contributed by atoms with Crippen LogP contribution >= 0.6 is 0 Å². The molecule has 0 saturated carbocycles. The van der Waals surface area contributed by atoms with Crippen LogP contribution in [-0.4, -0.2) is 8.41 Å². The van der Waals surface area contributed by atoms with Crippen molar-refractivity contribution in [3.05, 3.63) is 33.7 Å². The SMILES string of the molecule is C=CC.[B].[CH3-].[CH3-].[NH2-].[W+2].[Y]. The summed E-state index contributed by atoms with van der Waals surface area (Å²) in [5, 5.41) is 0. The molecule has 1 nitrogen and oxygen atoms in total. The van der Waals surface area contributed by atoms with Gasteiger partial charge < -0.3 is 21.0 Å². The molecule has 2 N–H and O–H groups in total. The van der Waals surface area contributed by atoms with Crippen molar-refractivity contribution < 1.29 is 53.8 Å². The van der Waals surface area contributed by atoms with Gasteiger partial charge in [-0.1, -0.05) is 6.08 Å². The molecule has 9 heavy (non-hydrogen) atoms. The molecule has 0 aliphatic rings. The third-order valence-electron chi connectivity index (χ3n) is 0. The minimum atomic E-state index is 0. The zero-order valence-electron chi connectivity index (χ0n) is 6.42. The van der Waals surface area contributed by atoms with Crippen molar-refractivity contribution in [3.63, 3.8) is 0 Å². The van der Waals surface area contributed by atoms with Crippen LogP contribution in [0.5, 0.6) is 0 Å². The van der Waals surface area contributed by atoms with Crippen LogP contribution in [0.4, 0.5) is 0 Å². The van der Waals surface area contributed by atoms with Gasteiger partial charge in [0.05, 0.1) is 0 Å². The van der Waals surface area contributed by atoms with Crippen LogP contribution in [0.15, 0.2) is 12.7 Å². The molecule has 0 amide bonds. The fourth-order valence-corrected chi connectivity index (χ4v) is 0. The van der Waals surface area contributed by atoms with E-state index in [0.717, 1.165) is 0 Å². The second kappa shape index (κ2) is 107. The number of hydrogen-bond acceptors (Lipinski definition) is 0. The molecular weight excluding hydrogens is 358 g/mol. The van der Waals surface area contributed by atoms with Gasteiger partial charge in [-0.05, 0) is 6.92 Å². The summed E-state index contributed by atoms with van der Waals surface area (Å²) in [7, 11) is 0. The number of allylic oxidation sites excluding steroid dienone is 1. The van der Waals surface area contributed by atoms with Gasteiger partial charge in [0.1, 0.15) is 0 Å². The Morgan fingerprint density at radius 1 is 1.22 bits per heavy atom. The van der Waals surface area contributed by atoms with Crippen LogP contribution in [0.1, 0.15) is 6.92 Å². The van der Waals surface area contributed by atoms with Gasteiger partial charge in [-0.25, -0.2) is 0 Å². The fourth-order valence-electron chi connectivity index (χ4n) is 0. The second-order valence-electron chi connectivity index (χ2n) is 0.408. The third-order valence-corrected chi connectivity index (χ3v) is 0. The quantitative estimate of drug-likeness (QED) is 0.356. The number of rotatable bonds is 0. The molecular formula is C5H14BNWY-. The number of nitrogens with two attached hydrogens (primary N) is 1. The molecule has 0 aromatic carbocycles. The Balaban J connectivity index is -0.00000000133. The van der Waals surface area contributed by atoms with E-state index in [1.165, 1.54) is 0 Å². The molecule has 52 valence electrons. The molecule has 0 bridgehead atoms. The molecule has 0 atom stereocenters. The van der Waals surface area contributed by atoms with E-state index >= 15 is 0 Å². The van der Waals surface area contributed by atoms with Crippen LogP contribution in [0.3, 0.4) is 0 Å². The van der Waals surface area contributed by atoms with Crippen molar-refractivity contribution in [2.45, 2.75) is 6.92 Å². The van der Waals surface area contributed by atoms with Gasteiger partial charge in [-0.2, -0.15) is 0 Å².